The van der Waals surface area contributed by atoms with Crippen molar-refractivity contribution in [2.45, 2.75) is 25.3 Å². The monoisotopic (exact) mass is 439 g/mol. The first kappa shape index (κ1) is 20.5. The maximum Gasteiger partial charge on any atom is 0.141 e. The molecule has 0 saturated carbocycles. The van der Waals surface area contributed by atoms with Crippen LogP contribution in [0.1, 0.15) is 25.0 Å². The second kappa shape index (κ2) is 8.61. The number of hydrogen-bond acceptors (Lipinski definition) is 4. The number of likely N-dealkylation sites (tertiary alicyclic amines) is 1. The zero-order valence-electron chi connectivity index (χ0n) is 17.7. The van der Waals surface area contributed by atoms with E-state index in [2.05, 4.69) is 44.3 Å². The fourth-order valence-corrected chi connectivity index (χ4v) is 4.85. The van der Waals surface area contributed by atoms with Crippen molar-refractivity contribution in [2.75, 3.05) is 38.5 Å². The third-order valence-corrected chi connectivity index (χ3v) is 6.80. The minimum Gasteiger partial charge on any atom is -0.355 e. The van der Waals surface area contributed by atoms with Crippen LogP contribution in [0.5, 0.6) is 0 Å². The van der Waals surface area contributed by atoms with Gasteiger partial charge in [-0.2, -0.15) is 0 Å². The number of nitrogens with one attached hydrogen (secondary N) is 2. The third kappa shape index (κ3) is 4.33. The Morgan fingerprint density at radius 1 is 1.26 bits per heavy atom. The van der Waals surface area contributed by atoms with Crippen molar-refractivity contribution in [3.8, 4) is 0 Å². The van der Waals surface area contributed by atoms with Gasteiger partial charge in [0.05, 0.1) is 10.7 Å². The molecular formula is C24H27ClFN5. The summed E-state index contributed by atoms with van der Waals surface area (Å²) in [7, 11) is 2.24. The Kier molecular flexibility index (Phi) is 5.69. The number of H-pyrrole nitrogens is 1. The van der Waals surface area contributed by atoms with Gasteiger partial charge < -0.3 is 15.2 Å². The molecule has 1 saturated heterocycles. The molecule has 1 atom stereocenters. The van der Waals surface area contributed by atoms with Crippen LogP contribution in [0.3, 0.4) is 0 Å². The topological polar surface area (TPSA) is 47.2 Å². The highest BCUT2D eigenvalue weighted by atomic mass is 35.5. The van der Waals surface area contributed by atoms with Crippen molar-refractivity contribution in [3.05, 3.63) is 59.1 Å². The summed E-state index contributed by atoms with van der Waals surface area (Å²) in [4.78, 5) is 13.0. The van der Waals surface area contributed by atoms with Crippen molar-refractivity contribution < 1.29 is 4.39 Å². The third-order valence-electron chi connectivity index (χ3n) is 6.51. The van der Waals surface area contributed by atoms with Crippen molar-refractivity contribution in [1.29, 1.82) is 0 Å². The largest absolute Gasteiger partial charge is 0.355 e. The highest BCUT2D eigenvalue weighted by molar-refractivity contribution is 6.31. The van der Waals surface area contributed by atoms with Crippen LogP contribution in [0, 0.1) is 5.82 Å². The molecule has 0 aliphatic carbocycles. The number of nitrogens with zero attached hydrogens (tertiary/aromatic N) is 3. The predicted molar refractivity (Wildman–Crippen MR) is 125 cm³/mol. The Balaban J connectivity index is 1.33. The van der Waals surface area contributed by atoms with Gasteiger partial charge in [-0.05, 0) is 68.8 Å². The maximum absolute atomic E-state index is 13.5. The van der Waals surface area contributed by atoms with E-state index in [1.165, 1.54) is 31.0 Å². The van der Waals surface area contributed by atoms with E-state index in [4.69, 9.17) is 11.6 Å². The molecule has 1 aromatic carbocycles. The average molecular weight is 440 g/mol. The molecule has 2 aromatic heterocycles. The summed E-state index contributed by atoms with van der Waals surface area (Å²) in [5.74, 6) is -0.422. The smallest absolute Gasteiger partial charge is 0.141 e. The molecule has 0 bridgehead atoms. The molecule has 5 rings (SSSR count). The summed E-state index contributed by atoms with van der Waals surface area (Å²) in [5, 5.41) is 4.45. The van der Waals surface area contributed by atoms with Crippen LogP contribution < -0.4 is 5.32 Å². The zero-order chi connectivity index (χ0) is 21.4. The van der Waals surface area contributed by atoms with E-state index in [1.807, 2.05) is 6.07 Å². The quantitative estimate of drug-likeness (QED) is 0.567. The van der Waals surface area contributed by atoms with Crippen LogP contribution in [-0.2, 0) is 0 Å². The first-order valence-electron chi connectivity index (χ1n) is 10.9. The second-order valence-corrected chi connectivity index (χ2v) is 8.98. The van der Waals surface area contributed by atoms with Gasteiger partial charge in [0.15, 0.2) is 0 Å². The number of rotatable bonds is 5. The lowest BCUT2D eigenvalue weighted by Crippen LogP contribution is -2.40. The predicted octanol–water partition coefficient (Wildman–Crippen LogP) is 5.28. The number of aromatic amines is 1. The summed E-state index contributed by atoms with van der Waals surface area (Å²) in [6.07, 6.45) is 7.77. The molecule has 3 aromatic rings. The maximum atomic E-state index is 13.5. The fourth-order valence-electron chi connectivity index (χ4n) is 4.67. The molecule has 2 aliphatic rings. The van der Waals surface area contributed by atoms with Gasteiger partial charge in [-0.25, -0.2) is 9.37 Å². The highest BCUT2D eigenvalue weighted by Crippen LogP contribution is 2.31. The molecule has 0 amide bonds. The van der Waals surface area contributed by atoms with Crippen LogP contribution in [0.15, 0.2) is 42.6 Å². The number of benzene rings is 1. The highest BCUT2D eigenvalue weighted by Gasteiger charge is 2.24. The second-order valence-electron chi connectivity index (χ2n) is 8.57. The molecule has 0 radical (unpaired) electrons. The standard InChI is InChI=1S/C24H27ClFN5/c1-30-10-2-3-18(30)15-31-11-7-16(8-12-31)23-14-19-22(6-9-27-24(19)29-23)28-17-4-5-21(26)20(25)13-17/h4-7,9,13-14,18H,2-3,8,10-12,15H2,1H3,(H2,27,28,29)/t18-/m0/s1. The number of pyridine rings is 1. The summed E-state index contributed by atoms with van der Waals surface area (Å²) >= 11 is 5.93. The van der Waals surface area contributed by atoms with Crippen molar-refractivity contribution in [3.63, 3.8) is 0 Å². The molecule has 0 unspecified atom stereocenters. The first-order valence-corrected chi connectivity index (χ1v) is 11.3. The van der Waals surface area contributed by atoms with Crippen molar-refractivity contribution in [1.82, 2.24) is 19.8 Å². The van der Waals surface area contributed by atoms with E-state index in [-0.39, 0.29) is 5.02 Å². The van der Waals surface area contributed by atoms with Crippen LogP contribution in [0.2, 0.25) is 5.02 Å². The molecule has 4 heterocycles. The van der Waals surface area contributed by atoms with Crippen molar-refractivity contribution >= 4 is 39.6 Å². The summed E-state index contributed by atoms with van der Waals surface area (Å²) in [6, 6.07) is 9.42. The Morgan fingerprint density at radius 3 is 2.90 bits per heavy atom. The van der Waals surface area contributed by atoms with Gasteiger partial charge in [-0.15, -0.1) is 0 Å². The van der Waals surface area contributed by atoms with Gasteiger partial charge in [0.25, 0.3) is 0 Å². The normalized spacial score (nSPS) is 20.4. The minimum atomic E-state index is -0.422. The van der Waals surface area contributed by atoms with Crippen LogP contribution in [0.4, 0.5) is 15.8 Å². The number of fused-ring (bicyclic) bond motifs is 1. The Labute approximate surface area is 186 Å². The van der Waals surface area contributed by atoms with Gasteiger partial charge in [-0.1, -0.05) is 17.7 Å². The molecule has 2 N–H and O–H groups in total. The Morgan fingerprint density at radius 2 is 2.16 bits per heavy atom. The summed E-state index contributed by atoms with van der Waals surface area (Å²) in [5.41, 5.74) is 4.95. The lowest BCUT2D eigenvalue weighted by molar-refractivity contribution is 0.205. The molecule has 1 fully saturated rings. The number of aromatic nitrogens is 2. The van der Waals surface area contributed by atoms with Gasteiger partial charge in [-0.3, -0.25) is 4.90 Å². The molecule has 5 nitrogen and oxygen atoms in total. The van der Waals surface area contributed by atoms with Gasteiger partial charge in [0, 0.05) is 48.6 Å². The van der Waals surface area contributed by atoms with Gasteiger partial charge in [0.1, 0.15) is 11.5 Å². The SMILES string of the molecule is CN1CCC[C@H]1CN1CC=C(c2cc3c(Nc4ccc(F)c(Cl)c4)ccnc3[nH]2)CC1. The molecule has 2 aliphatic heterocycles. The van der Waals surface area contributed by atoms with E-state index in [9.17, 15) is 4.39 Å². The van der Waals surface area contributed by atoms with E-state index >= 15 is 0 Å². The van der Waals surface area contributed by atoms with E-state index in [1.54, 1.807) is 18.3 Å². The van der Waals surface area contributed by atoms with Crippen LogP contribution in [-0.4, -0.2) is 59.0 Å². The molecule has 162 valence electrons. The fraction of sp³-hybridized carbons (Fsp3) is 0.375. The number of likely N-dealkylation sites (N-methyl/N-ethyl adjacent to an activating group) is 1. The lowest BCUT2D eigenvalue weighted by Gasteiger charge is -2.31. The number of halogens is 2. The van der Waals surface area contributed by atoms with E-state index in [0.29, 0.717) is 6.04 Å². The number of anilines is 2. The lowest BCUT2D eigenvalue weighted by atomic mass is 10.0. The van der Waals surface area contributed by atoms with Crippen molar-refractivity contribution in [2.24, 2.45) is 0 Å². The van der Waals surface area contributed by atoms with Gasteiger partial charge >= 0.3 is 0 Å². The minimum absolute atomic E-state index is 0.103. The average Bonchev–Trinajstić information content (AvgIpc) is 3.38. The van der Waals surface area contributed by atoms with Crippen LogP contribution >= 0.6 is 11.6 Å². The van der Waals surface area contributed by atoms with Crippen LogP contribution in [0.25, 0.3) is 16.6 Å². The molecular weight excluding hydrogens is 413 g/mol. The molecule has 7 heteroatoms. The first-order chi connectivity index (χ1) is 15.1. The summed E-state index contributed by atoms with van der Waals surface area (Å²) in [6.45, 7) is 4.45. The van der Waals surface area contributed by atoms with E-state index in [0.717, 1.165) is 54.2 Å². The molecule has 0 spiro atoms. The number of hydrogen-bond donors (Lipinski definition) is 2. The van der Waals surface area contributed by atoms with E-state index < -0.39 is 5.82 Å². The Bertz CT molecular complexity index is 1120. The summed E-state index contributed by atoms with van der Waals surface area (Å²) < 4.78 is 13.5. The molecule has 31 heavy (non-hydrogen) atoms. The zero-order valence-corrected chi connectivity index (χ0v) is 18.4. The van der Waals surface area contributed by atoms with Gasteiger partial charge in [0.2, 0.25) is 0 Å². The Hall–Kier alpha value is -2.41.